The number of nitrogens with zero attached hydrogens (tertiary/aromatic N) is 4. The first kappa shape index (κ1) is 15.8. The van der Waals surface area contributed by atoms with Crippen LogP contribution < -0.4 is 4.74 Å². The quantitative estimate of drug-likeness (QED) is 0.702. The molecule has 0 N–H and O–H groups in total. The molecular weight excluding hydrogens is 276 g/mol. The average molecular weight is 296 g/mol. The standard InChI is InChI=1S/C17H20N4O/c1-3-5-10-17(11-18,12-21-14-19-13-20-21)15-8-6-7-9-16(15)22-4-2/h3,6-9,13-14H,1,4-5,10,12H2,2H3. The van der Waals surface area contributed by atoms with Crippen LogP contribution in [-0.4, -0.2) is 21.4 Å². The SMILES string of the molecule is C=CCCC(C#N)(Cn1cncn1)c1ccccc1OCC. The van der Waals surface area contributed by atoms with Crippen molar-refractivity contribution in [2.24, 2.45) is 0 Å². The number of para-hydroxylation sites is 1. The van der Waals surface area contributed by atoms with E-state index >= 15 is 0 Å². The fourth-order valence-electron chi connectivity index (χ4n) is 2.53. The number of hydrogen-bond acceptors (Lipinski definition) is 4. The first-order valence-corrected chi connectivity index (χ1v) is 7.32. The summed E-state index contributed by atoms with van der Waals surface area (Å²) in [4.78, 5) is 3.96. The Balaban J connectivity index is 2.47. The topological polar surface area (TPSA) is 63.7 Å². The van der Waals surface area contributed by atoms with E-state index in [4.69, 9.17) is 4.74 Å². The van der Waals surface area contributed by atoms with Gasteiger partial charge in [-0.15, -0.1) is 6.58 Å². The molecule has 22 heavy (non-hydrogen) atoms. The molecule has 1 heterocycles. The van der Waals surface area contributed by atoms with Crippen LogP contribution in [0.25, 0.3) is 0 Å². The fourth-order valence-corrected chi connectivity index (χ4v) is 2.53. The maximum atomic E-state index is 9.95. The molecule has 0 saturated carbocycles. The highest BCUT2D eigenvalue weighted by molar-refractivity contribution is 5.43. The molecule has 0 aliphatic heterocycles. The number of benzene rings is 1. The van der Waals surface area contributed by atoms with Gasteiger partial charge in [0.15, 0.2) is 0 Å². The molecule has 114 valence electrons. The van der Waals surface area contributed by atoms with Crippen LogP contribution >= 0.6 is 0 Å². The Hall–Kier alpha value is -2.61. The van der Waals surface area contributed by atoms with E-state index in [-0.39, 0.29) is 0 Å². The van der Waals surface area contributed by atoms with Crippen LogP contribution in [0.15, 0.2) is 49.6 Å². The van der Waals surface area contributed by atoms with Crippen LogP contribution in [0.5, 0.6) is 5.75 Å². The third-order valence-corrected chi connectivity index (χ3v) is 3.59. The second kappa shape index (κ2) is 7.41. The molecule has 1 aromatic carbocycles. The van der Waals surface area contributed by atoms with Crippen LogP contribution in [0.1, 0.15) is 25.3 Å². The fraction of sp³-hybridized carbons (Fsp3) is 0.353. The predicted molar refractivity (Wildman–Crippen MR) is 84.4 cm³/mol. The van der Waals surface area contributed by atoms with Gasteiger partial charge in [-0.05, 0) is 25.8 Å². The molecule has 1 atom stereocenters. The lowest BCUT2D eigenvalue weighted by Gasteiger charge is -2.28. The summed E-state index contributed by atoms with van der Waals surface area (Å²) in [7, 11) is 0. The Morgan fingerprint density at radius 2 is 2.27 bits per heavy atom. The number of hydrogen-bond donors (Lipinski definition) is 0. The number of nitriles is 1. The highest BCUT2D eigenvalue weighted by Crippen LogP contribution is 2.37. The summed E-state index contributed by atoms with van der Waals surface area (Å²) in [5.41, 5.74) is 0.157. The van der Waals surface area contributed by atoms with Crippen molar-refractivity contribution >= 4 is 0 Å². The summed E-state index contributed by atoms with van der Waals surface area (Å²) in [6, 6.07) is 10.2. The van der Waals surface area contributed by atoms with Crippen LogP contribution in [0.4, 0.5) is 0 Å². The first-order chi connectivity index (χ1) is 10.8. The zero-order valence-electron chi connectivity index (χ0n) is 12.8. The van der Waals surface area contributed by atoms with Gasteiger partial charge in [0.25, 0.3) is 0 Å². The number of rotatable bonds is 8. The molecule has 0 fully saturated rings. The second-order valence-corrected chi connectivity index (χ2v) is 5.04. The highest BCUT2D eigenvalue weighted by atomic mass is 16.5. The van der Waals surface area contributed by atoms with Gasteiger partial charge in [0.1, 0.15) is 23.8 Å². The summed E-state index contributed by atoms with van der Waals surface area (Å²) in [5.74, 6) is 0.746. The van der Waals surface area contributed by atoms with Crippen molar-refractivity contribution in [2.75, 3.05) is 6.61 Å². The molecule has 0 saturated heterocycles. The van der Waals surface area contributed by atoms with Gasteiger partial charge < -0.3 is 4.74 Å². The van der Waals surface area contributed by atoms with E-state index in [1.165, 1.54) is 6.33 Å². The van der Waals surface area contributed by atoms with E-state index in [9.17, 15) is 5.26 Å². The molecule has 0 spiro atoms. The minimum atomic E-state index is -0.729. The normalized spacial score (nSPS) is 13.1. The molecule has 1 aromatic heterocycles. The van der Waals surface area contributed by atoms with Gasteiger partial charge in [-0.25, -0.2) is 4.98 Å². The van der Waals surface area contributed by atoms with Gasteiger partial charge in [-0.3, -0.25) is 4.68 Å². The van der Waals surface area contributed by atoms with E-state index in [1.807, 2.05) is 37.3 Å². The van der Waals surface area contributed by atoms with E-state index in [0.717, 1.165) is 17.7 Å². The van der Waals surface area contributed by atoms with E-state index in [0.29, 0.717) is 19.6 Å². The predicted octanol–water partition coefficient (Wildman–Crippen LogP) is 3.10. The van der Waals surface area contributed by atoms with Crippen molar-refractivity contribution in [1.82, 2.24) is 14.8 Å². The van der Waals surface area contributed by atoms with Crippen molar-refractivity contribution < 1.29 is 4.74 Å². The van der Waals surface area contributed by atoms with Crippen LogP contribution in [0.3, 0.4) is 0 Å². The van der Waals surface area contributed by atoms with Gasteiger partial charge >= 0.3 is 0 Å². The zero-order chi connectivity index (χ0) is 15.8. The molecule has 5 nitrogen and oxygen atoms in total. The Labute approximate surface area is 130 Å². The molecule has 2 aromatic rings. The van der Waals surface area contributed by atoms with Gasteiger partial charge in [0.2, 0.25) is 0 Å². The molecule has 0 bridgehead atoms. The molecule has 0 amide bonds. The first-order valence-electron chi connectivity index (χ1n) is 7.32. The minimum absolute atomic E-state index is 0.432. The maximum Gasteiger partial charge on any atom is 0.137 e. The Morgan fingerprint density at radius 1 is 1.45 bits per heavy atom. The molecule has 5 heteroatoms. The van der Waals surface area contributed by atoms with Crippen molar-refractivity contribution in [3.8, 4) is 11.8 Å². The molecular formula is C17H20N4O. The van der Waals surface area contributed by atoms with E-state index in [2.05, 4.69) is 22.7 Å². The van der Waals surface area contributed by atoms with Gasteiger partial charge in [0.05, 0.1) is 19.2 Å². The third kappa shape index (κ3) is 3.34. The molecule has 0 aliphatic rings. The Bertz CT molecular complexity index is 645. The van der Waals surface area contributed by atoms with Crippen LogP contribution in [-0.2, 0) is 12.0 Å². The van der Waals surface area contributed by atoms with E-state index < -0.39 is 5.41 Å². The maximum absolute atomic E-state index is 9.95. The van der Waals surface area contributed by atoms with Crippen LogP contribution in [0.2, 0.25) is 0 Å². The smallest absolute Gasteiger partial charge is 0.137 e. The lowest BCUT2D eigenvalue weighted by molar-refractivity contribution is 0.319. The van der Waals surface area contributed by atoms with Crippen molar-refractivity contribution in [2.45, 2.75) is 31.7 Å². The largest absolute Gasteiger partial charge is 0.494 e. The Morgan fingerprint density at radius 3 is 2.91 bits per heavy atom. The van der Waals surface area contributed by atoms with Crippen molar-refractivity contribution in [1.29, 1.82) is 5.26 Å². The lowest BCUT2D eigenvalue weighted by atomic mass is 9.77. The zero-order valence-corrected chi connectivity index (χ0v) is 12.8. The summed E-state index contributed by atoms with van der Waals surface area (Å²) in [6.45, 7) is 6.70. The molecule has 1 unspecified atom stereocenters. The van der Waals surface area contributed by atoms with Gasteiger partial charge in [-0.2, -0.15) is 10.4 Å². The average Bonchev–Trinajstić information content (AvgIpc) is 3.05. The van der Waals surface area contributed by atoms with E-state index in [1.54, 1.807) is 11.0 Å². The summed E-state index contributed by atoms with van der Waals surface area (Å²) < 4.78 is 7.41. The molecule has 2 rings (SSSR count). The monoisotopic (exact) mass is 296 g/mol. The molecule has 0 radical (unpaired) electrons. The second-order valence-electron chi connectivity index (χ2n) is 5.04. The van der Waals surface area contributed by atoms with Gasteiger partial charge in [-0.1, -0.05) is 24.3 Å². The highest BCUT2D eigenvalue weighted by Gasteiger charge is 2.35. The summed E-state index contributed by atoms with van der Waals surface area (Å²) in [5, 5.41) is 14.1. The van der Waals surface area contributed by atoms with Crippen molar-refractivity contribution in [3.05, 3.63) is 55.1 Å². The number of ether oxygens (including phenoxy) is 1. The third-order valence-electron chi connectivity index (χ3n) is 3.59. The van der Waals surface area contributed by atoms with Gasteiger partial charge in [0, 0.05) is 5.56 Å². The Kier molecular flexibility index (Phi) is 5.31. The molecule has 0 aliphatic carbocycles. The minimum Gasteiger partial charge on any atom is -0.494 e. The number of aromatic nitrogens is 3. The van der Waals surface area contributed by atoms with Crippen LogP contribution in [0, 0.1) is 11.3 Å². The summed E-state index contributed by atoms with van der Waals surface area (Å²) >= 11 is 0. The summed E-state index contributed by atoms with van der Waals surface area (Å²) in [6.07, 6.45) is 6.32. The lowest BCUT2D eigenvalue weighted by Crippen LogP contribution is -2.31. The number of allylic oxidation sites excluding steroid dienone is 1. The van der Waals surface area contributed by atoms with Crippen molar-refractivity contribution in [3.63, 3.8) is 0 Å².